The number of aliphatic hydroxyl groups excluding tert-OH is 3. The van der Waals surface area contributed by atoms with Crippen LogP contribution < -0.4 is 4.48 Å². The smallest absolute Gasteiger partial charge is 0.286 e. The molecule has 0 aliphatic carbocycles. The van der Waals surface area contributed by atoms with Gasteiger partial charge in [0.15, 0.2) is 0 Å². The molecule has 0 aliphatic heterocycles. The van der Waals surface area contributed by atoms with Gasteiger partial charge in [0.05, 0.1) is 19.8 Å². The van der Waals surface area contributed by atoms with Crippen LogP contribution in [0.5, 0.6) is 0 Å². The molecule has 1 aromatic rings. The van der Waals surface area contributed by atoms with Gasteiger partial charge in [0.1, 0.15) is 19.6 Å². The third-order valence-corrected chi connectivity index (χ3v) is 3.37. The second kappa shape index (κ2) is 6.14. The Labute approximate surface area is 92.8 Å². The van der Waals surface area contributed by atoms with Crippen LogP contribution in [0, 0.1) is 0 Å². The minimum absolute atomic E-state index is 0.0135. The van der Waals surface area contributed by atoms with E-state index < -0.39 is 0 Å². The van der Waals surface area contributed by atoms with Crippen LogP contribution in [0.2, 0.25) is 0 Å². The van der Waals surface area contributed by atoms with E-state index >= 15 is 0 Å². The minimum Gasteiger partial charge on any atom is -0.390 e. The van der Waals surface area contributed by atoms with Gasteiger partial charge in [-0.25, -0.2) is 0 Å². The zero-order valence-electron chi connectivity index (χ0n) is 8.54. The summed E-state index contributed by atoms with van der Waals surface area (Å²) in [7, 11) is 0. The van der Waals surface area contributed by atoms with Gasteiger partial charge in [-0.15, -0.1) is 0 Å². The molecule has 0 radical (unpaired) electrons. The third-order valence-electron chi connectivity index (χ3n) is 2.41. The van der Waals surface area contributed by atoms with Crippen LogP contribution in [0.25, 0.3) is 0 Å². The number of hydrogen-bond donors (Lipinski definition) is 3. The van der Waals surface area contributed by atoms with Crippen molar-refractivity contribution in [2.24, 2.45) is 0 Å². The molecule has 0 bridgehead atoms. The molecular weight excluding hydrogens is 216 g/mol. The standard InChI is InChI=1S/C9H17N2O3S/c12-5-2-11(3-6-13,4-7-14)9-10-1-8-15-9/h1,8,12-14H,2-7H2/q+1. The summed E-state index contributed by atoms with van der Waals surface area (Å²) in [6.45, 7) is 1.44. The fourth-order valence-electron chi connectivity index (χ4n) is 1.65. The van der Waals surface area contributed by atoms with Gasteiger partial charge >= 0.3 is 0 Å². The Bertz CT molecular complexity index is 249. The predicted octanol–water partition coefficient (Wildman–Crippen LogP) is -0.573. The maximum Gasteiger partial charge on any atom is 0.286 e. The number of rotatable bonds is 7. The number of aromatic nitrogens is 1. The van der Waals surface area contributed by atoms with Crippen LogP contribution in [0.1, 0.15) is 0 Å². The summed E-state index contributed by atoms with van der Waals surface area (Å²) >= 11 is 1.48. The van der Waals surface area contributed by atoms with Gasteiger partial charge in [-0.05, 0) is 0 Å². The Kier molecular flexibility index (Phi) is 5.13. The van der Waals surface area contributed by atoms with Gasteiger partial charge in [-0.3, -0.25) is 4.48 Å². The maximum absolute atomic E-state index is 9.05. The minimum atomic E-state index is 0.0135. The molecule has 15 heavy (non-hydrogen) atoms. The molecule has 0 aliphatic rings. The summed E-state index contributed by atoms with van der Waals surface area (Å²) in [6, 6.07) is 0. The van der Waals surface area contributed by atoms with Crippen LogP contribution in [0.15, 0.2) is 11.6 Å². The Balaban J connectivity index is 2.90. The average Bonchev–Trinajstić information content (AvgIpc) is 2.72. The lowest BCUT2D eigenvalue weighted by atomic mass is 10.3. The van der Waals surface area contributed by atoms with E-state index in [1.165, 1.54) is 11.3 Å². The number of nitrogens with zero attached hydrogens (tertiary/aromatic N) is 2. The first-order chi connectivity index (χ1) is 7.29. The first-order valence-electron chi connectivity index (χ1n) is 4.88. The molecule has 1 aromatic heterocycles. The molecule has 1 heterocycles. The van der Waals surface area contributed by atoms with Gasteiger partial charge in [-0.2, -0.15) is 4.98 Å². The van der Waals surface area contributed by atoms with Crippen molar-refractivity contribution in [3.8, 4) is 0 Å². The second-order valence-corrected chi connectivity index (χ2v) is 4.17. The highest BCUT2D eigenvalue weighted by atomic mass is 32.1. The molecular formula is C9H17N2O3S+. The Morgan fingerprint density at radius 3 is 1.93 bits per heavy atom. The fraction of sp³-hybridized carbons (Fsp3) is 0.667. The summed E-state index contributed by atoms with van der Waals surface area (Å²) in [5.74, 6) is 0. The van der Waals surface area contributed by atoms with Crippen molar-refractivity contribution in [1.29, 1.82) is 0 Å². The van der Waals surface area contributed by atoms with Gasteiger partial charge < -0.3 is 15.3 Å². The summed E-state index contributed by atoms with van der Waals surface area (Å²) < 4.78 is 0.348. The molecule has 3 N–H and O–H groups in total. The topological polar surface area (TPSA) is 73.6 Å². The van der Waals surface area contributed by atoms with Crippen molar-refractivity contribution in [1.82, 2.24) is 9.47 Å². The number of aliphatic hydroxyl groups is 3. The van der Waals surface area contributed by atoms with Crippen molar-refractivity contribution >= 4 is 16.5 Å². The van der Waals surface area contributed by atoms with Crippen molar-refractivity contribution in [3.05, 3.63) is 11.6 Å². The lowest BCUT2D eigenvalue weighted by Gasteiger charge is -2.33. The van der Waals surface area contributed by atoms with Crippen LogP contribution in [-0.2, 0) is 0 Å². The summed E-state index contributed by atoms with van der Waals surface area (Å²) in [6.07, 6.45) is 1.69. The van der Waals surface area contributed by atoms with Crippen LogP contribution in [-0.4, -0.2) is 59.8 Å². The van der Waals surface area contributed by atoms with E-state index in [1.807, 2.05) is 5.38 Å². The van der Waals surface area contributed by atoms with Gasteiger partial charge in [0.25, 0.3) is 5.13 Å². The molecule has 0 saturated heterocycles. The molecule has 5 nitrogen and oxygen atoms in total. The number of quaternary nitrogens is 1. The normalized spacial score (nSPS) is 11.9. The van der Waals surface area contributed by atoms with Gasteiger partial charge in [-0.1, -0.05) is 11.3 Å². The van der Waals surface area contributed by atoms with E-state index in [2.05, 4.69) is 4.98 Å². The van der Waals surface area contributed by atoms with Crippen LogP contribution >= 0.6 is 11.3 Å². The maximum atomic E-state index is 9.05. The van der Waals surface area contributed by atoms with Gasteiger partial charge in [0.2, 0.25) is 0 Å². The highest BCUT2D eigenvalue weighted by Crippen LogP contribution is 2.24. The lowest BCUT2D eigenvalue weighted by molar-refractivity contribution is 0.138. The van der Waals surface area contributed by atoms with E-state index in [1.54, 1.807) is 6.20 Å². The quantitative estimate of drug-likeness (QED) is 0.551. The average molecular weight is 233 g/mol. The molecule has 0 unspecified atom stereocenters. The zero-order chi connectivity index (χ0) is 11.1. The lowest BCUT2D eigenvalue weighted by Crippen LogP contribution is -2.54. The summed E-state index contributed by atoms with van der Waals surface area (Å²) in [5, 5.41) is 29.8. The highest BCUT2D eigenvalue weighted by Gasteiger charge is 2.31. The molecule has 0 fully saturated rings. The van der Waals surface area contributed by atoms with E-state index in [0.29, 0.717) is 24.1 Å². The first kappa shape index (κ1) is 12.5. The Hall–Kier alpha value is -0.530. The fourth-order valence-corrected chi connectivity index (χ4v) is 2.51. The zero-order valence-corrected chi connectivity index (χ0v) is 9.36. The highest BCUT2D eigenvalue weighted by molar-refractivity contribution is 7.13. The first-order valence-corrected chi connectivity index (χ1v) is 5.76. The molecule has 0 atom stereocenters. The molecule has 0 aromatic carbocycles. The van der Waals surface area contributed by atoms with E-state index in [0.717, 1.165) is 5.13 Å². The van der Waals surface area contributed by atoms with Crippen molar-refractivity contribution in [2.75, 3.05) is 39.5 Å². The summed E-state index contributed by atoms with van der Waals surface area (Å²) in [5.41, 5.74) is 0. The van der Waals surface area contributed by atoms with E-state index in [4.69, 9.17) is 15.3 Å². The van der Waals surface area contributed by atoms with Crippen LogP contribution in [0.3, 0.4) is 0 Å². The van der Waals surface area contributed by atoms with Crippen LogP contribution in [0.4, 0.5) is 5.13 Å². The van der Waals surface area contributed by atoms with Crippen molar-refractivity contribution in [2.45, 2.75) is 0 Å². The predicted molar refractivity (Wildman–Crippen MR) is 59.8 cm³/mol. The van der Waals surface area contributed by atoms with E-state index in [9.17, 15) is 0 Å². The second-order valence-electron chi connectivity index (χ2n) is 3.30. The van der Waals surface area contributed by atoms with Crippen molar-refractivity contribution in [3.63, 3.8) is 0 Å². The molecule has 0 saturated carbocycles. The summed E-state index contributed by atoms with van der Waals surface area (Å²) in [4.78, 5) is 4.20. The molecule has 0 amide bonds. The SMILES string of the molecule is OCC[N+](CCO)(CCO)c1nccs1. The number of thiazole rings is 1. The van der Waals surface area contributed by atoms with Crippen molar-refractivity contribution < 1.29 is 15.3 Å². The molecule has 86 valence electrons. The molecule has 6 heteroatoms. The Morgan fingerprint density at radius 2 is 1.60 bits per heavy atom. The molecule has 1 rings (SSSR count). The molecule has 0 spiro atoms. The largest absolute Gasteiger partial charge is 0.390 e. The monoisotopic (exact) mass is 233 g/mol. The number of hydrogen-bond acceptors (Lipinski definition) is 5. The van der Waals surface area contributed by atoms with E-state index in [-0.39, 0.29) is 19.8 Å². The third kappa shape index (κ3) is 2.96. The Morgan fingerprint density at radius 1 is 1.07 bits per heavy atom. The van der Waals surface area contributed by atoms with Gasteiger partial charge in [0, 0.05) is 11.6 Å².